The number of rotatable bonds is 7. The lowest BCUT2D eigenvalue weighted by Crippen LogP contribution is -2.36. The summed E-state index contributed by atoms with van der Waals surface area (Å²) < 4.78 is 26.8. The number of amides is 1. The van der Waals surface area contributed by atoms with Gasteiger partial charge in [0.15, 0.2) is 0 Å². The van der Waals surface area contributed by atoms with Crippen LogP contribution in [-0.2, 0) is 21.2 Å². The predicted molar refractivity (Wildman–Crippen MR) is 101 cm³/mol. The topological polar surface area (TPSA) is 54.5 Å². The van der Waals surface area contributed by atoms with Gasteiger partial charge in [0.25, 0.3) is 10.0 Å². The van der Waals surface area contributed by atoms with E-state index < -0.39 is 15.9 Å². The summed E-state index contributed by atoms with van der Waals surface area (Å²) in [5.74, 6) is -0.476. The highest BCUT2D eigenvalue weighted by atomic mass is 35.5. The molecule has 0 spiro atoms. The Labute approximate surface area is 154 Å². The van der Waals surface area contributed by atoms with Crippen LogP contribution < -0.4 is 4.31 Å². The molecule has 25 heavy (non-hydrogen) atoms. The van der Waals surface area contributed by atoms with Crippen molar-refractivity contribution in [1.29, 1.82) is 0 Å². The maximum atomic E-state index is 13.0. The van der Waals surface area contributed by atoms with Crippen LogP contribution in [0.5, 0.6) is 0 Å². The Morgan fingerprint density at radius 3 is 2.12 bits per heavy atom. The number of carbonyl (C=O) groups is 1. The summed E-state index contributed by atoms with van der Waals surface area (Å²) in [7, 11) is -3.99. The van der Waals surface area contributed by atoms with Crippen molar-refractivity contribution < 1.29 is 13.2 Å². The number of benzene rings is 2. The van der Waals surface area contributed by atoms with Crippen LogP contribution in [0.2, 0.25) is 5.02 Å². The quantitative estimate of drug-likeness (QED) is 0.693. The highest BCUT2D eigenvalue weighted by Crippen LogP contribution is 2.26. The third-order valence-electron chi connectivity index (χ3n) is 3.87. The molecular formula is C19H22ClNO3S. The minimum Gasteiger partial charge on any atom is -0.273 e. The number of nitrogens with zero attached hydrogens (tertiary/aromatic N) is 1. The fourth-order valence-corrected chi connectivity index (χ4v) is 4.06. The lowest BCUT2D eigenvalue weighted by atomic mass is 10.1. The summed E-state index contributed by atoms with van der Waals surface area (Å²) >= 11 is 5.83. The van der Waals surface area contributed by atoms with Crippen LogP contribution in [0.1, 0.15) is 38.7 Å². The van der Waals surface area contributed by atoms with Crippen molar-refractivity contribution in [3.8, 4) is 0 Å². The number of aryl methyl sites for hydroxylation is 1. The second-order valence-corrected chi connectivity index (χ2v) is 7.96. The first-order valence-corrected chi connectivity index (χ1v) is 10.1. The average Bonchev–Trinajstić information content (AvgIpc) is 2.61. The van der Waals surface area contributed by atoms with E-state index in [1.165, 1.54) is 24.3 Å². The fraction of sp³-hybridized carbons (Fsp3) is 0.316. The second kappa shape index (κ2) is 8.50. The van der Waals surface area contributed by atoms with E-state index >= 15 is 0 Å². The number of halogens is 1. The molecule has 0 N–H and O–H groups in total. The number of sulfonamides is 1. The van der Waals surface area contributed by atoms with Gasteiger partial charge in [-0.15, -0.1) is 0 Å². The van der Waals surface area contributed by atoms with Gasteiger partial charge < -0.3 is 0 Å². The zero-order valence-electron chi connectivity index (χ0n) is 14.4. The van der Waals surface area contributed by atoms with Crippen molar-refractivity contribution >= 4 is 33.2 Å². The minimum atomic E-state index is -3.99. The maximum Gasteiger partial charge on any atom is 0.270 e. The molecular weight excluding hydrogens is 358 g/mol. The van der Waals surface area contributed by atoms with E-state index in [2.05, 4.69) is 6.92 Å². The molecule has 6 heteroatoms. The van der Waals surface area contributed by atoms with E-state index in [1.54, 1.807) is 19.1 Å². The monoisotopic (exact) mass is 379 g/mol. The van der Waals surface area contributed by atoms with Crippen LogP contribution in [0.25, 0.3) is 0 Å². The van der Waals surface area contributed by atoms with Crippen molar-refractivity contribution in [3.63, 3.8) is 0 Å². The van der Waals surface area contributed by atoms with Gasteiger partial charge in [-0.3, -0.25) is 4.79 Å². The van der Waals surface area contributed by atoms with Crippen molar-refractivity contribution in [2.24, 2.45) is 0 Å². The highest BCUT2D eigenvalue weighted by Gasteiger charge is 2.29. The predicted octanol–water partition coefficient (Wildman–Crippen LogP) is 4.81. The maximum absolute atomic E-state index is 13.0. The summed E-state index contributed by atoms with van der Waals surface area (Å²) in [5, 5.41) is 0.438. The Morgan fingerprint density at radius 2 is 1.60 bits per heavy atom. The van der Waals surface area contributed by atoms with Gasteiger partial charge in [0.2, 0.25) is 5.91 Å². The first-order chi connectivity index (χ1) is 11.9. The third-order valence-corrected chi connectivity index (χ3v) is 5.89. The zero-order valence-corrected chi connectivity index (χ0v) is 16.0. The molecule has 0 fully saturated rings. The van der Waals surface area contributed by atoms with Gasteiger partial charge >= 0.3 is 0 Å². The van der Waals surface area contributed by atoms with Gasteiger partial charge in [0, 0.05) is 11.4 Å². The van der Waals surface area contributed by atoms with Crippen LogP contribution >= 0.6 is 11.6 Å². The second-order valence-electron chi connectivity index (χ2n) is 5.74. The van der Waals surface area contributed by atoms with Crippen LogP contribution in [0.4, 0.5) is 5.69 Å². The molecule has 0 saturated heterocycles. The SMILES string of the molecule is CCCCc1ccc(N(C(=O)CC)S(=O)(=O)c2ccc(Cl)cc2)cc1. The Hall–Kier alpha value is -1.85. The molecule has 2 aromatic carbocycles. The standard InChI is InChI=1S/C19H22ClNO3S/c1-3-5-6-15-7-11-17(12-8-15)21(19(22)4-2)25(23,24)18-13-9-16(20)10-14-18/h7-14H,3-6H2,1-2H3. The van der Waals surface area contributed by atoms with E-state index in [1.807, 2.05) is 12.1 Å². The first kappa shape index (κ1) is 19.5. The normalized spacial score (nSPS) is 11.3. The van der Waals surface area contributed by atoms with Gasteiger partial charge in [-0.2, -0.15) is 0 Å². The largest absolute Gasteiger partial charge is 0.273 e. The molecule has 0 aliphatic carbocycles. The third kappa shape index (κ3) is 4.61. The number of unbranched alkanes of at least 4 members (excludes halogenated alkanes) is 1. The molecule has 0 aliphatic rings. The molecule has 0 aliphatic heterocycles. The van der Waals surface area contributed by atoms with Crippen LogP contribution in [0.3, 0.4) is 0 Å². The van der Waals surface area contributed by atoms with Crippen molar-refractivity contribution in [1.82, 2.24) is 0 Å². The Bertz CT molecular complexity index is 815. The Morgan fingerprint density at radius 1 is 1.00 bits per heavy atom. The van der Waals surface area contributed by atoms with Crippen molar-refractivity contribution in [3.05, 3.63) is 59.1 Å². The molecule has 0 saturated carbocycles. The highest BCUT2D eigenvalue weighted by molar-refractivity contribution is 7.93. The van der Waals surface area contributed by atoms with Crippen molar-refractivity contribution in [2.75, 3.05) is 4.31 Å². The molecule has 0 heterocycles. The van der Waals surface area contributed by atoms with Gasteiger partial charge in [-0.25, -0.2) is 12.7 Å². The molecule has 2 aromatic rings. The fourth-order valence-electron chi connectivity index (χ4n) is 2.45. The summed E-state index contributed by atoms with van der Waals surface area (Å²) in [5.41, 5.74) is 1.47. The summed E-state index contributed by atoms with van der Waals surface area (Å²) in [4.78, 5) is 12.4. The molecule has 134 valence electrons. The zero-order chi connectivity index (χ0) is 18.4. The Balaban J connectivity index is 2.42. The van der Waals surface area contributed by atoms with Crippen molar-refractivity contribution in [2.45, 2.75) is 44.4 Å². The summed E-state index contributed by atoms with van der Waals surface area (Å²) in [6.45, 7) is 3.76. The smallest absolute Gasteiger partial charge is 0.270 e. The molecule has 0 atom stereocenters. The molecule has 0 aromatic heterocycles. The molecule has 0 unspecified atom stereocenters. The molecule has 0 bridgehead atoms. The van der Waals surface area contributed by atoms with E-state index in [-0.39, 0.29) is 11.3 Å². The summed E-state index contributed by atoms with van der Waals surface area (Å²) in [6, 6.07) is 12.9. The van der Waals surface area contributed by atoms with Gasteiger partial charge in [-0.1, -0.05) is 44.0 Å². The first-order valence-electron chi connectivity index (χ1n) is 8.32. The molecule has 1 amide bonds. The molecule has 0 radical (unpaired) electrons. The number of hydrogen-bond donors (Lipinski definition) is 0. The number of hydrogen-bond acceptors (Lipinski definition) is 3. The lowest BCUT2D eigenvalue weighted by molar-refractivity contribution is -0.117. The van der Waals surface area contributed by atoms with E-state index in [9.17, 15) is 13.2 Å². The van der Waals surface area contributed by atoms with Gasteiger partial charge in [0.1, 0.15) is 0 Å². The average molecular weight is 380 g/mol. The van der Waals surface area contributed by atoms with E-state index in [0.717, 1.165) is 29.1 Å². The molecule has 4 nitrogen and oxygen atoms in total. The minimum absolute atomic E-state index is 0.0359. The lowest BCUT2D eigenvalue weighted by Gasteiger charge is -2.22. The van der Waals surface area contributed by atoms with Crippen LogP contribution in [0.15, 0.2) is 53.4 Å². The Kier molecular flexibility index (Phi) is 6.62. The van der Waals surface area contributed by atoms with Crippen LogP contribution in [0, 0.1) is 0 Å². The van der Waals surface area contributed by atoms with Gasteiger partial charge in [0.05, 0.1) is 10.6 Å². The molecule has 2 rings (SSSR count). The number of anilines is 1. The van der Waals surface area contributed by atoms with E-state index in [4.69, 9.17) is 11.6 Å². The van der Waals surface area contributed by atoms with Gasteiger partial charge in [-0.05, 0) is 54.8 Å². The summed E-state index contributed by atoms with van der Waals surface area (Å²) in [6.07, 6.45) is 3.18. The van der Waals surface area contributed by atoms with E-state index in [0.29, 0.717) is 10.7 Å². The number of carbonyl (C=O) groups excluding carboxylic acids is 1. The van der Waals surface area contributed by atoms with Crippen LogP contribution in [-0.4, -0.2) is 14.3 Å².